The Hall–Kier alpha value is -3.00. The summed E-state index contributed by atoms with van der Waals surface area (Å²) in [6, 6.07) is 20.4. The fourth-order valence-corrected chi connectivity index (χ4v) is 5.61. The number of carbonyl (C=O) groups excluding carboxylic acids is 1. The molecule has 0 unspecified atom stereocenters. The average Bonchev–Trinajstić information content (AvgIpc) is 3.17. The van der Waals surface area contributed by atoms with Crippen LogP contribution in [-0.4, -0.2) is 44.9 Å². The topological polar surface area (TPSA) is 75.7 Å². The Bertz CT molecular complexity index is 1260. The van der Waals surface area contributed by atoms with Gasteiger partial charge in [0.25, 0.3) is 5.91 Å². The summed E-state index contributed by atoms with van der Waals surface area (Å²) in [6.07, 6.45) is 0.836. The van der Waals surface area contributed by atoms with Gasteiger partial charge in [-0.25, -0.2) is 8.42 Å². The molecule has 7 heteroatoms. The van der Waals surface area contributed by atoms with Crippen molar-refractivity contribution in [3.8, 4) is 11.1 Å². The molecular formula is C24H22N2O4S. The molecule has 0 spiro atoms. The number of sulfonamides is 1. The van der Waals surface area contributed by atoms with Gasteiger partial charge >= 0.3 is 0 Å². The molecule has 6 nitrogen and oxygen atoms in total. The molecule has 1 aliphatic heterocycles. The van der Waals surface area contributed by atoms with Crippen molar-refractivity contribution < 1.29 is 17.9 Å². The van der Waals surface area contributed by atoms with E-state index in [1.54, 1.807) is 12.1 Å². The normalized spacial score (nSPS) is 15.9. The number of amides is 1. The van der Waals surface area contributed by atoms with Crippen LogP contribution in [-0.2, 0) is 21.2 Å². The fraction of sp³-hybridized carbons (Fsp3) is 0.208. The lowest BCUT2D eigenvalue weighted by Gasteiger charge is -2.26. The minimum Gasteiger partial charge on any atom is -0.379 e. The number of rotatable bonds is 4. The van der Waals surface area contributed by atoms with Crippen LogP contribution >= 0.6 is 0 Å². The maximum Gasteiger partial charge on any atom is 0.255 e. The third-order valence-electron chi connectivity index (χ3n) is 5.76. The lowest BCUT2D eigenvalue weighted by molar-refractivity contribution is 0.0730. The molecule has 0 radical (unpaired) electrons. The smallest absolute Gasteiger partial charge is 0.255 e. The molecule has 1 amide bonds. The summed E-state index contributed by atoms with van der Waals surface area (Å²) in [4.78, 5) is 13.0. The Morgan fingerprint density at radius 3 is 2.48 bits per heavy atom. The van der Waals surface area contributed by atoms with Gasteiger partial charge < -0.3 is 10.1 Å². The molecule has 0 saturated carbocycles. The summed E-state index contributed by atoms with van der Waals surface area (Å²) in [5, 5.41) is 2.91. The van der Waals surface area contributed by atoms with Crippen molar-refractivity contribution in [3.05, 3.63) is 83.4 Å². The Morgan fingerprint density at radius 2 is 1.65 bits per heavy atom. The van der Waals surface area contributed by atoms with E-state index in [1.807, 2.05) is 30.3 Å². The van der Waals surface area contributed by atoms with E-state index in [2.05, 4.69) is 17.4 Å². The zero-order valence-corrected chi connectivity index (χ0v) is 17.7. The summed E-state index contributed by atoms with van der Waals surface area (Å²) in [6.45, 7) is 1.38. The zero-order valence-electron chi connectivity index (χ0n) is 16.9. The Morgan fingerprint density at radius 1 is 0.871 bits per heavy atom. The van der Waals surface area contributed by atoms with Crippen molar-refractivity contribution in [1.82, 2.24) is 4.31 Å². The van der Waals surface area contributed by atoms with E-state index in [9.17, 15) is 13.2 Å². The predicted octanol–water partition coefficient (Wildman–Crippen LogP) is 3.53. The molecule has 0 atom stereocenters. The van der Waals surface area contributed by atoms with Crippen molar-refractivity contribution >= 4 is 21.6 Å². The molecule has 1 N–H and O–H groups in total. The second kappa shape index (κ2) is 7.92. The molecule has 1 heterocycles. The van der Waals surface area contributed by atoms with Crippen LogP contribution < -0.4 is 5.32 Å². The number of hydrogen-bond donors (Lipinski definition) is 1. The first kappa shape index (κ1) is 19.9. The number of benzene rings is 3. The van der Waals surface area contributed by atoms with Gasteiger partial charge in [-0.05, 0) is 59.0 Å². The third kappa shape index (κ3) is 3.76. The predicted molar refractivity (Wildman–Crippen MR) is 119 cm³/mol. The highest BCUT2D eigenvalue weighted by molar-refractivity contribution is 7.89. The molecular weight excluding hydrogens is 412 g/mol. The largest absolute Gasteiger partial charge is 0.379 e. The van der Waals surface area contributed by atoms with E-state index < -0.39 is 10.0 Å². The first-order valence-electron chi connectivity index (χ1n) is 10.2. The van der Waals surface area contributed by atoms with Crippen molar-refractivity contribution in [2.24, 2.45) is 0 Å². The second-order valence-corrected chi connectivity index (χ2v) is 9.64. The first-order valence-corrected chi connectivity index (χ1v) is 11.7. The summed E-state index contributed by atoms with van der Waals surface area (Å²) in [5.41, 5.74) is 5.87. The molecule has 3 aromatic rings. The van der Waals surface area contributed by atoms with E-state index >= 15 is 0 Å². The molecule has 0 aromatic heterocycles. The molecule has 0 bridgehead atoms. The van der Waals surface area contributed by atoms with Crippen molar-refractivity contribution in [2.75, 3.05) is 31.6 Å². The number of nitrogens with one attached hydrogen (secondary N) is 1. The summed E-state index contributed by atoms with van der Waals surface area (Å²) < 4.78 is 32.4. The maximum absolute atomic E-state index is 12.9. The van der Waals surface area contributed by atoms with E-state index in [0.717, 1.165) is 6.42 Å². The van der Waals surface area contributed by atoms with E-state index in [1.165, 1.54) is 38.7 Å². The Labute approximate surface area is 181 Å². The minimum atomic E-state index is -3.66. The molecule has 1 aliphatic carbocycles. The number of anilines is 1. The highest BCUT2D eigenvalue weighted by atomic mass is 32.2. The SMILES string of the molecule is O=C(Nc1ccc2c(c1)Cc1ccccc1-2)c1cccc(S(=O)(=O)N2CCOCC2)c1. The van der Waals surface area contributed by atoms with Crippen LogP contribution in [0, 0.1) is 0 Å². The van der Waals surface area contributed by atoms with Crippen LogP contribution in [0.1, 0.15) is 21.5 Å². The van der Waals surface area contributed by atoms with Crippen molar-refractivity contribution in [3.63, 3.8) is 0 Å². The van der Waals surface area contributed by atoms with Crippen LogP contribution in [0.2, 0.25) is 0 Å². The molecule has 1 fully saturated rings. The first-order chi connectivity index (χ1) is 15.0. The molecule has 31 heavy (non-hydrogen) atoms. The quantitative estimate of drug-likeness (QED) is 0.533. The number of carbonyl (C=O) groups is 1. The van der Waals surface area contributed by atoms with Crippen LogP contribution in [0.4, 0.5) is 5.69 Å². The fourth-order valence-electron chi connectivity index (χ4n) is 4.16. The number of hydrogen-bond acceptors (Lipinski definition) is 4. The van der Waals surface area contributed by atoms with E-state index in [-0.39, 0.29) is 10.8 Å². The van der Waals surface area contributed by atoms with Crippen molar-refractivity contribution in [2.45, 2.75) is 11.3 Å². The highest BCUT2D eigenvalue weighted by Gasteiger charge is 2.27. The lowest BCUT2D eigenvalue weighted by atomic mass is 10.1. The van der Waals surface area contributed by atoms with Gasteiger partial charge in [0.1, 0.15) is 0 Å². The van der Waals surface area contributed by atoms with Gasteiger partial charge in [0.15, 0.2) is 0 Å². The zero-order chi connectivity index (χ0) is 21.4. The van der Waals surface area contributed by atoms with E-state index in [4.69, 9.17) is 4.74 Å². The van der Waals surface area contributed by atoms with Gasteiger partial charge in [-0.2, -0.15) is 4.31 Å². The molecule has 2 aliphatic rings. The summed E-state index contributed by atoms with van der Waals surface area (Å²) in [5.74, 6) is -0.338. The van der Waals surface area contributed by atoms with Gasteiger partial charge in [-0.3, -0.25) is 4.79 Å². The lowest BCUT2D eigenvalue weighted by Crippen LogP contribution is -2.40. The van der Waals surface area contributed by atoms with Crippen molar-refractivity contribution in [1.29, 1.82) is 0 Å². The Balaban J connectivity index is 1.36. The van der Waals surface area contributed by atoms with Crippen LogP contribution in [0.3, 0.4) is 0 Å². The van der Waals surface area contributed by atoms with Gasteiger partial charge in [0.2, 0.25) is 10.0 Å². The summed E-state index contributed by atoms with van der Waals surface area (Å²) >= 11 is 0. The number of nitrogens with zero attached hydrogens (tertiary/aromatic N) is 1. The van der Waals surface area contributed by atoms with Crippen LogP contribution in [0.25, 0.3) is 11.1 Å². The standard InChI is InChI=1S/C24H22N2O4S/c27-24(18-5-3-6-21(16-18)31(28,29)26-10-12-30-13-11-26)25-20-8-9-23-19(15-20)14-17-4-1-2-7-22(17)23/h1-9,15-16H,10-14H2,(H,25,27). The molecule has 158 valence electrons. The summed E-state index contributed by atoms with van der Waals surface area (Å²) in [7, 11) is -3.66. The second-order valence-electron chi connectivity index (χ2n) is 7.70. The average molecular weight is 435 g/mol. The van der Waals surface area contributed by atoms with Gasteiger partial charge in [-0.1, -0.05) is 36.4 Å². The van der Waals surface area contributed by atoms with Crippen LogP contribution in [0.5, 0.6) is 0 Å². The maximum atomic E-state index is 12.9. The molecule has 1 saturated heterocycles. The Kier molecular flexibility index (Phi) is 5.09. The number of morpholine rings is 1. The highest BCUT2D eigenvalue weighted by Crippen LogP contribution is 2.37. The third-order valence-corrected chi connectivity index (χ3v) is 7.65. The van der Waals surface area contributed by atoms with Gasteiger partial charge in [-0.15, -0.1) is 0 Å². The van der Waals surface area contributed by atoms with Gasteiger partial charge in [0, 0.05) is 24.3 Å². The number of ether oxygens (including phenoxy) is 1. The molecule has 3 aromatic carbocycles. The monoisotopic (exact) mass is 434 g/mol. The number of fused-ring (bicyclic) bond motifs is 3. The van der Waals surface area contributed by atoms with E-state index in [0.29, 0.717) is 37.6 Å². The minimum absolute atomic E-state index is 0.117. The van der Waals surface area contributed by atoms with Crippen LogP contribution in [0.15, 0.2) is 71.6 Å². The van der Waals surface area contributed by atoms with Gasteiger partial charge in [0.05, 0.1) is 18.1 Å². The molecule has 5 rings (SSSR count).